The van der Waals surface area contributed by atoms with Gasteiger partial charge in [0.15, 0.2) is 0 Å². The first-order valence-corrected chi connectivity index (χ1v) is 23.2. The molecule has 4 aromatic carbocycles. The molecule has 0 amide bonds. The molecule has 0 N–H and O–H groups in total. The average Bonchev–Trinajstić information content (AvgIpc) is 3.92. The van der Waals surface area contributed by atoms with Crippen LogP contribution in [0.15, 0.2) is 0 Å². The first-order chi connectivity index (χ1) is 28.1. The fraction of sp³-hybridized carbons (Fsp3) is 0.647. The van der Waals surface area contributed by atoms with E-state index in [0.29, 0.717) is 39.6 Å². The minimum Gasteiger partial charge on any atom is -0.377 e. The van der Waals surface area contributed by atoms with E-state index in [9.17, 15) is 0 Å². The molecule has 0 spiro atoms. The van der Waals surface area contributed by atoms with E-state index in [-0.39, 0.29) is 0 Å². The van der Waals surface area contributed by atoms with Gasteiger partial charge in [-0.3, -0.25) is 0 Å². The summed E-state index contributed by atoms with van der Waals surface area (Å²) < 4.78 is 39.6. The molecule has 0 bridgehead atoms. The predicted octanol–water partition coefficient (Wildman–Crippen LogP) is 12.8. The lowest BCUT2D eigenvalue weighted by atomic mass is 9.87. The highest BCUT2D eigenvalue weighted by Gasteiger charge is 2.40. The molecule has 3 aliphatic carbocycles. The quantitative estimate of drug-likeness (QED) is 0.0335. The van der Waals surface area contributed by atoms with E-state index >= 15 is 0 Å². The lowest BCUT2D eigenvalue weighted by molar-refractivity contribution is 0.103. The molecule has 57 heavy (non-hydrogen) atoms. The van der Waals surface area contributed by atoms with E-state index in [1.165, 1.54) is 99.1 Å². The Kier molecular flexibility index (Phi) is 15.4. The minimum atomic E-state index is 0.630. The van der Waals surface area contributed by atoms with Crippen molar-refractivity contribution < 1.29 is 28.4 Å². The van der Waals surface area contributed by atoms with E-state index in [4.69, 9.17) is 28.4 Å². The zero-order valence-electron chi connectivity index (χ0n) is 36.5. The van der Waals surface area contributed by atoms with Gasteiger partial charge in [0.25, 0.3) is 0 Å². The molecule has 0 heterocycles. The third-order valence-corrected chi connectivity index (χ3v) is 13.0. The Morgan fingerprint density at radius 3 is 0.561 bits per heavy atom. The van der Waals surface area contributed by atoms with Crippen LogP contribution in [0.25, 0.3) is 32.3 Å². The number of rotatable bonds is 30. The Balaban J connectivity index is 1.51. The second-order valence-electron chi connectivity index (χ2n) is 17.0. The molecule has 6 nitrogen and oxygen atoms in total. The maximum atomic E-state index is 6.60. The Morgan fingerprint density at radius 1 is 0.263 bits per heavy atom. The summed E-state index contributed by atoms with van der Waals surface area (Å²) in [6, 6.07) is 0. The van der Waals surface area contributed by atoms with Gasteiger partial charge in [-0.25, -0.2) is 0 Å². The summed E-state index contributed by atoms with van der Waals surface area (Å²) in [5.74, 6) is 0. The summed E-state index contributed by atoms with van der Waals surface area (Å²) >= 11 is 0. The topological polar surface area (TPSA) is 55.4 Å². The molecular weight excluding hydrogens is 709 g/mol. The van der Waals surface area contributed by atoms with Crippen molar-refractivity contribution in [2.45, 2.75) is 177 Å². The fourth-order valence-electron chi connectivity index (χ4n) is 9.83. The zero-order chi connectivity index (χ0) is 39.7. The minimum absolute atomic E-state index is 0.630. The van der Waals surface area contributed by atoms with Gasteiger partial charge in [0.2, 0.25) is 0 Å². The average molecular weight is 781 g/mol. The molecule has 0 aromatic heterocycles. The Hall–Kier alpha value is -2.58. The van der Waals surface area contributed by atoms with Crippen molar-refractivity contribution in [3.8, 4) is 0 Å². The molecule has 0 saturated heterocycles. The molecule has 0 radical (unpaired) electrons. The van der Waals surface area contributed by atoms with Gasteiger partial charge in [0.1, 0.15) is 0 Å². The lowest BCUT2D eigenvalue weighted by Gasteiger charge is -2.20. The highest BCUT2D eigenvalue weighted by atomic mass is 16.5. The van der Waals surface area contributed by atoms with E-state index in [1.54, 1.807) is 0 Å². The molecule has 7 rings (SSSR count). The number of ether oxygens (including phenoxy) is 6. The first kappa shape index (κ1) is 42.5. The molecule has 0 saturated carbocycles. The number of hydrogen-bond donors (Lipinski definition) is 0. The summed E-state index contributed by atoms with van der Waals surface area (Å²) in [4.78, 5) is 0. The molecule has 0 atom stereocenters. The molecule has 0 fully saturated rings. The van der Waals surface area contributed by atoms with Crippen molar-refractivity contribution >= 4 is 32.3 Å². The Bertz CT molecular complexity index is 1610. The van der Waals surface area contributed by atoms with E-state index in [0.717, 1.165) is 136 Å². The van der Waals surface area contributed by atoms with Crippen LogP contribution < -0.4 is 0 Å². The van der Waals surface area contributed by atoms with Gasteiger partial charge in [-0.1, -0.05) is 80.1 Å². The first-order valence-electron chi connectivity index (χ1n) is 23.2. The third kappa shape index (κ3) is 8.43. The predicted molar refractivity (Wildman–Crippen MR) is 235 cm³/mol. The van der Waals surface area contributed by atoms with Gasteiger partial charge in [0.05, 0.1) is 39.6 Å². The molecule has 4 aromatic rings. The molecule has 0 aliphatic heterocycles. The van der Waals surface area contributed by atoms with Crippen LogP contribution in [0.3, 0.4) is 0 Å². The second-order valence-corrected chi connectivity index (χ2v) is 17.0. The van der Waals surface area contributed by atoms with Crippen molar-refractivity contribution in [1.29, 1.82) is 0 Å². The van der Waals surface area contributed by atoms with Crippen LogP contribution in [-0.4, -0.2) is 39.6 Å². The fourth-order valence-corrected chi connectivity index (χ4v) is 9.83. The Labute approximate surface area is 343 Å². The molecule has 6 heteroatoms. The largest absolute Gasteiger partial charge is 0.377 e. The third-order valence-electron chi connectivity index (χ3n) is 13.0. The second kappa shape index (κ2) is 20.6. The summed E-state index contributed by atoms with van der Waals surface area (Å²) in [7, 11) is 0. The standard InChI is InChI=1S/C51H72O6/c1-7-13-19-52-28-40-34-25-36-42(30-54-21-15-9-3)44(32-56-23-17-11-5)38-27-39-45(33-57-24-18-12-6)43(31-55-22-16-10-4)37-26-35(41(40)29-53-20-14-8-2)47-46(34)48(36)50(38)51(39)49(37)47/h7-33H2,1-6H3. The Morgan fingerprint density at radius 2 is 0.421 bits per heavy atom. The van der Waals surface area contributed by atoms with Gasteiger partial charge in [0, 0.05) is 39.6 Å². The van der Waals surface area contributed by atoms with Crippen molar-refractivity contribution in [3.05, 3.63) is 66.8 Å². The van der Waals surface area contributed by atoms with Crippen LogP contribution in [0.1, 0.15) is 185 Å². The smallest absolute Gasteiger partial charge is 0.0723 e. The van der Waals surface area contributed by atoms with Crippen LogP contribution in [0.5, 0.6) is 0 Å². The van der Waals surface area contributed by atoms with E-state index in [2.05, 4.69) is 41.5 Å². The monoisotopic (exact) mass is 781 g/mol. The number of unbranched alkanes of at least 4 members (excludes halogenated alkanes) is 6. The highest BCUT2D eigenvalue weighted by molar-refractivity contribution is 6.34. The van der Waals surface area contributed by atoms with Crippen LogP contribution >= 0.6 is 0 Å². The summed E-state index contributed by atoms with van der Waals surface area (Å²) in [5, 5.41) is 8.92. The molecule has 312 valence electrons. The van der Waals surface area contributed by atoms with Crippen molar-refractivity contribution in [2.24, 2.45) is 0 Å². The van der Waals surface area contributed by atoms with Crippen molar-refractivity contribution in [2.75, 3.05) is 39.6 Å². The molecule has 0 unspecified atom stereocenters. The highest BCUT2D eigenvalue weighted by Crippen LogP contribution is 2.58. The molecule has 3 aliphatic rings. The zero-order valence-corrected chi connectivity index (χ0v) is 36.5. The molecular formula is C51H72O6. The van der Waals surface area contributed by atoms with Crippen molar-refractivity contribution in [3.63, 3.8) is 0 Å². The summed E-state index contributed by atoms with van der Waals surface area (Å²) in [6.45, 7) is 22.0. The van der Waals surface area contributed by atoms with Crippen molar-refractivity contribution in [1.82, 2.24) is 0 Å². The van der Waals surface area contributed by atoms with Gasteiger partial charge >= 0.3 is 0 Å². The lowest BCUT2D eigenvalue weighted by Crippen LogP contribution is -2.10. The normalized spacial score (nSPS) is 13.6. The van der Waals surface area contributed by atoms with E-state index < -0.39 is 0 Å². The van der Waals surface area contributed by atoms with Gasteiger partial charge in [-0.05, 0) is 157 Å². The van der Waals surface area contributed by atoms with Gasteiger partial charge in [-0.2, -0.15) is 0 Å². The van der Waals surface area contributed by atoms with Gasteiger partial charge in [-0.15, -0.1) is 0 Å². The SMILES string of the molecule is CCCCOCc1c(COCCCC)c2c3c4c1Cc1c(COCCCC)c(COCCCC)c5c(c14)c1c(c(COCCCC)c(COCCCC)c(c31)C2)C5. The summed E-state index contributed by atoms with van der Waals surface area (Å²) in [6.07, 6.45) is 16.0. The van der Waals surface area contributed by atoms with Crippen LogP contribution in [-0.2, 0) is 87.3 Å². The van der Waals surface area contributed by atoms with Crippen LogP contribution in [0.4, 0.5) is 0 Å². The van der Waals surface area contributed by atoms with Gasteiger partial charge < -0.3 is 28.4 Å². The number of benzene rings is 4. The van der Waals surface area contributed by atoms with Crippen LogP contribution in [0, 0.1) is 0 Å². The van der Waals surface area contributed by atoms with E-state index in [1.807, 2.05) is 0 Å². The maximum Gasteiger partial charge on any atom is 0.0723 e. The maximum absolute atomic E-state index is 6.60. The van der Waals surface area contributed by atoms with Crippen LogP contribution in [0.2, 0.25) is 0 Å². The number of hydrogen-bond acceptors (Lipinski definition) is 6. The summed E-state index contributed by atoms with van der Waals surface area (Å²) in [5.41, 5.74) is 17.0.